The predicted octanol–water partition coefficient (Wildman–Crippen LogP) is 3.04. The van der Waals surface area contributed by atoms with Crippen molar-refractivity contribution in [1.29, 1.82) is 0 Å². The van der Waals surface area contributed by atoms with Crippen LogP contribution in [-0.2, 0) is 22.6 Å². The summed E-state index contributed by atoms with van der Waals surface area (Å²) in [7, 11) is 0. The van der Waals surface area contributed by atoms with Crippen LogP contribution in [0.4, 0.5) is 10.8 Å². The third-order valence-electron chi connectivity index (χ3n) is 5.98. The summed E-state index contributed by atoms with van der Waals surface area (Å²) < 4.78 is 0. The molecule has 33 heavy (non-hydrogen) atoms. The normalized spacial score (nSPS) is 17.7. The van der Waals surface area contributed by atoms with E-state index >= 15 is 0 Å². The van der Waals surface area contributed by atoms with Gasteiger partial charge in [0.15, 0.2) is 5.13 Å². The zero-order valence-corrected chi connectivity index (χ0v) is 19.0. The molecule has 2 aliphatic heterocycles. The molecule has 1 unspecified atom stereocenters. The van der Waals surface area contributed by atoms with Crippen molar-refractivity contribution in [3.05, 3.63) is 70.5 Å². The molecule has 9 heteroatoms. The lowest BCUT2D eigenvalue weighted by atomic mass is 10.1. The smallest absolute Gasteiger partial charge is 0.276 e. The third kappa shape index (κ3) is 4.36. The topological polar surface area (TPSA) is 95.5 Å². The average Bonchev–Trinajstić information content (AvgIpc) is 3.42. The number of hydrogen-bond acceptors (Lipinski definition) is 6. The van der Waals surface area contributed by atoms with Gasteiger partial charge in [-0.15, -0.1) is 0 Å². The number of pyridine rings is 1. The molecular weight excluding hydrogens is 438 g/mol. The summed E-state index contributed by atoms with van der Waals surface area (Å²) >= 11 is 1.38. The Labute approximate surface area is 195 Å². The molecule has 0 saturated carbocycles. The number of nitrogens with one attached hydrogen (secondary N) is 1. The highest BCUT2D eigenvalue weighted by Gasteiger charge is 2.38. The lowest BCUT2D eigenvalue weighted by Gasteiger charge is -2.28. The molecule has 0 spiro atoms. The van der Waals surface area contributed by atoms with E-state index in [1.54, 1.807) is 34.2 Å². The van der Waals surface area contributed by atoms with Gasteiger partial charge in [-0.25, -0.2) is 4.98 Å². The van der Waals surface area contributed by atoms with Crippen LogP contribution in [0.2, 0.25) is 0 Å². The van der Waals surface area contributed by atoms with Gasteiger partial charge in [0.05, 0.1) is 18.2 Å². The summed E-state index contributed by atoms with van der Waals surface area (Å²) in [6, 6.07) is 12.9. The molecule has 1 saturated heterocycles. The van der Waals surface area contributed by atoms with Gasteiger partial charge in [0.25, 0.3) is 5.91 Å². The molecule has 0 radical (unpaired) electrons. The van der Waals surface area contributed by atoms with E-state index in [9.17, 15) is 14.4 Å². The standard InChI is InChI=1S/C24H23N5O3S/c1-15-5-7-17(8-6-15)29-13-16(12-21(29)30)23(32)28-11-9-18-20(14-28)33-24(26-18)27-22(31)19-4-2-3-10-25-19/h2-8,10,16H,9,11-14H2,1H3,(H,26,27,31). The number of fused-ring (bicyclic) bond motifs is 1. The molecule has 1 atom stereocenters. The van der Waals surface area contributed by atoms with Gasteiger partial charge >= 0.3 is 0 Å². The molecule has 168 valence electrons. The van der Waals surface area contributed by atoms with E-state index < -0.39 is 0 Å². The molecule has 4 heterocycles. The fourth-order valence-corrected chi connectivity index (χ4v) is 5.22. The lowest BCUT2D eigenvalue weighted by Crippen LogP contribution is -2.40. The highest BCUT2D eigenvalue weighted by molar-refractivity contribution is 7.15. The first kappa shape index (κ1) is 21.3. The summed E-state index contributed by atoms with van der Waals surface area (Å²) in [5.74, 6) is -0.685. The second-order valence-corrected chi connectivity index (χ2v) is 9.39. The van der Waals surface area contributed by atoms with E-state index in [1.165, 1.54) is 11.3 Å². The lowest BCUT2D eigenvalue weighted by molar-refractivity contribution is -0.136. The third-order valence-corrected chi connectivity index (χ3v) is 6.98. The Balaban J connectivity index is 1.24. The van der Waals surface area contributed by atoms with Crippen molar-refractivity contribution in [1.82, 2.24) is 14.9 Å². The maximum atomic E-state index is 13.2. The van der Waals surface area contributed by atoms with Crippen molar-refractivity contribution >= 4 is 39.9 Å². The first-order chi connectivity index (χ1) is 16.0. The minimum atomic E-state index is -0.350. The van der Waals surface area contributed by atoms with Crippen molar-refractivity contribution in [3.8, 4) is 0 Å². The number of aryl methyl sites for hydroxylation is 1. The zero-order chi connectivity index (χ0) is 22.9. The van der Waals surface area contributed by atoms with Gasteiger partial charge in [-0.1, -0.05) is 35.1 Å². The molecule has 2 aromatic heterocycles. The molecule has 1 N–H and O–H groups in total. The molecule has 0 aliphatic carbocycles. The van der Waals surface area contributed by atoms with E-state index in [1.807, 2.05) is 31.2 Å². The Hall–Kier alpha value is -3.59. The molecule has 0 bridgehead atoms. The SMILES string of the molecule is Cc1ccc(N2CC(C(=O)N3CCc4nc(NC(=O)c5ccccn5)sc4C3)CC2=O)cc1. The number of carbonyl (C=O) groups is 3. The van der Waals surface area contributed by atoms with Crippen LogP contribution in [0.3, 0.4) is 0 Å². The van der Waals surface area contributed by atoms with E-state index in [0.717, 1.165) is 21.8 Å². The molecule has 3 aromatic rings. The van der Waals surface area contributed by atoms with Gasteiger partial charge in [0.2, 0.25) is 11.8 Å². The van der Waals surface area contributed by atoms with E-state index in [0.29, 0.717) is 36.9 Å². The number of benzene rings is 1. The first-order valence-corrected chi connectivity index (χ1v) is 11.7. The van der Waals surface area contributed by atoms with Crippen LogP contribution in [0.25, 0.3) is 0 Å². The first-order valence-electron chi connectivity index (χ1n) is 10.8. The molecule has 1 aromatic carbocycles. The van der Waals surface area contributed by atoms with E-state index in [-0.39, 0.29) is 30.1 Å². The van der Waals surface area contributed by atoms with Crippen molar-refractivity contribution in [3.63, 3.8) is 0 Å². The van der Waals surface area contributed by atoms with Crippen LogP contribution < -0.4 is 10.2 Å². The summed E-state index contributed by atoms with van der Waals surface area (Å²) in [5.41, 5.74) is 3.19. The van der Waals surface area contributed by atoms with E-state index in [4.69, 9.17) is 0 Å². The molecule has 8 nitrogen and oxygen atoms in total. The summed E-state index contributed by atoms with van der Waals surface area (Å²) in [6.45, 7) is 3.40. The predicted molar refractivity (Wildman–Crippen MR) is 125 cm³/mol. The Bertz CT molecular complexity index is 1210. The number of hydrogen-bond donors (Lipinski definition) is 1. The molecule has 1 fully saturated rings. The summed E-state index contributed by atoms with van der Waals surface area (Å²) in [5, 5.41) is 3.31. The van der Waals surface area contributed by atoms with Crippen molar-refractivity contribution in [2.24, 2.45) is 5.92 Å². The van der Waals surface area contributed by atoms with Gasteiger partial charge in [-0.2, -0.15) is 0 Å². The van der Waals surface area contributed by atoms with Crippen LogP contribution in [0.15, 0.2) is 48.7 Å². The van der Waals surface area contributed by atoms with Crippen molar-refractivity contribution in [2.75, 3.05) is 23.3 Å². The van der Waals surface area contributed by atoms with Gasteiger partial charge in [0.1, 0.15) is 5.69 Å². The number of thiazole rings is 1. The van der Waals surface area contributed by atoms with Crippen LogP contribution in [0, 0.1) is 12.8 Å². The van der Waals surface area contributed by atoms with Gasteiger partial charge in [-0.3, -0.25) is 24.7 Å². The zero-order valence-electron chi connectivity index (χ0n) is 18.2. The van der Waals surface area contributed by atoms with Crippen LogP contribution in [0.5, 0.6) is 0 Å². The fourth-order valence-electron chi connectivity index (χ4n) is 4.20. The molecular formula is C24H23N5O3S. The van der Waals surface area contributed by atoms with Crippen molar-refractivity contribution in [2.45, 2.75) is 26.3 Å². The van der Waals surface area contributed by atoms with Crippen LogP contribution in [-0.4, -0.2) is 45.7 Å². The maximum Gasteiger partial charge on any atom is 0.276 e. The quantitative estimate of drug-likeness (QED) is 0.644. The Morgan fingerprint density at radius 3 is 2.73 bits per heavy atom. The fraction of sp³-hybridized carbons (Fsp3) is 0.292. The van der Waals surface area contributed by atoms with Gasteiger partial charge in [-0.05, 0) is 31.2 Å². The van der Waals surface area contributed by atoms with Gasteiger partial charge in [0, 0.05) is 42.7 Å². The largest absolute Gasteiger partial charge is 0.337 e. The summed E-state index contributed by atoms with van der Waals surface area (Å²) in [6.07, 6.45) is 2.42. The van der Waals surface area contributed by atoms with Crippen LogP contribution >= 0.6 is 11.3 Å². The number of anilines is 2. The Morgan fingerprint density at radius 1 is 1.15 bits per heavy atom. The average molecular weight is 462 g/mol. The van der Waals surface area contributed by atoms with Crippen LogP contribution in [0.1, 0.15) is 33.0 Å². The number of nitrogens with zero attached hydrogens (tertiary/aromatic N) is 4. The molecule has 2 aliphatic rings. The van der Waals surface area contributed by atoms with Crippen molar-refractivity contribution < 1.29 is 14.4 Å². The molecule has 3 amide bonds. The Morgan fingerprint density at radius 2 is 1.97 bits per heavy atom. The second kappa shape index (κ2) is 8.74. The number of amides is 3. The van der Waals surface area contributed by atoms with Gasteiger partial charge < -0.3 is 9.80 Å². The minimum absolute atomic E-state index is 0.00363. The number of rotatable bonds is 4. The Kier molecular flexibility index (Phi) is 5.63. The highest BCUT2D eigenvalue weighted by Crippen LogP contribution is 2.31. The maximum absolute atomic E-state index is 13.2. The molecule has 5 rings (SSSR count). The number of carbonyl (C=O) groups excluding carboxylic acids is 3. The monoisotopic (exact) mass is 461 g/mol. The highest BCUT2D eigenvalue weighted by atomic mass is 32.1. The van der Waals surface area contributed by atoms with E-state index in [2.05, 4.69) is 15.3 Å². The number of aromatic nitrogens is 2. The minimum Gasteiger partial charge on any atom is -0.337 e. The second-order valence-electron chi connectivity index (χ2n) is 8.31. The summed E-state index contributed by atoms with van der Waals surface area (Å²) in [4.78, 5) is 51.2.